The van der Waals surface area contributed by atoms with Gasteiger partial charge in [0.1, 0.15) is 0 Å². The molecule has 0 spiro atoms. The second-order valence-corrected chi connectivity index (χ2v) is 5.83. The van der Waals surface area contributed by atoms with Gasteiger partial charge in [-0.15, -0.1) is 0 Å². The van der Waals surface area contributed by atoms with E-state index in [0.717, 1.165) is 24.3 Å². The first kappa shape index (κ1) is 17.7. The average Bonchev–Trinajstić information content (AvgIpc) is 3.08. The molecule has 1 heterocycles. The number of anilines is 1. The minimum absolute atomic E-state index is 0.298. The first-order chi connectivity index (χ1) is 11.5. The number of nitrogens with zero attached hydrogens (tertiary/aromatic N) is 3. The topological polar surface area (TPSA) is 73.4 Å². The van der Waals surface area contributed by atoms with E-state index < -0.39 is 0 Å². The number of amides is 1. The standard InChI is InChI=1S/C18H25N5O/c1-5-23(6-2)15-9-7-14(8-10-15)12-19-22-18(24)17-11-16(13(3)4)20-21-17/h7-13H,5-6H2,1-4H3,(H,20,21)(H,22,24). The van der Waals surface area contributed by atoms with Crippen LogP contribution in [-0.2, 0) is 0 Å². The Bertz CT molecular complexity index is 684. The Hall–Kier alpha value is -2.63. The first-order valence-corrected chi connectivity index (χ1v) is 8.28. The maximum atomic E-state index is 12.0. The third-order valence-corrected chi connectivity index (χ3v) is 3.85. The van der Waals surface area contributed by atoms with Crippen molar-refractivity contribution in [1.82, 2.24) is 15.6 Å². The summed E-state index contributed by atoms with van der Waals surface area (Å²) < 4.78 is 0. The zero-order valence-corrected chi connectivity index (χ0v) is 14.7. The fraction of sp³-hybridized carbons (Fsp3) is 0.389. The Morgan fingerprint density at radius 2 is 1.96 bits per heavy atom. The number of hydrogen-bond donors (Lipinski definition) is 2. The van der Waals surface area contributed by atoms with Gasteiger partial charge in [0.15, 0.2) is 5.69 Å². The van der Waals surface area contributed by atoms with E-state index in [-0.39, 0.29) is 5.91 Å². The quantitative estimate of drug-likeness (QED) is 0.606. The molecule has 0 aliphatic carbocycles. The van der Waals surface area contributed by atoms with Gasteiger partial charge < -0.3 is 4.90 Å². The van der Waals surface area contributed by atoms with E-state index in [0.29, 0.717) is 11.6 Å². The maximum Gasteiger partial charge on any atom is 0.291 e. The summed E-state index contributed by atoms with van der Waals surface area (Å²) in [6.45, 7) is 10.3. The van der Waals surface area contributed by atoms with Crippen LogP contribution in [0.5, 0.6) is 0 Å². The van der Waals surface area contributed by atoms with E-state index in [2.05, 4.69) is 51.6 Å². The molecule has 0 radical (unpaired) electrons. The van der Waals surface area contributed by atoms with Gasteiger partial charge in [-0.3, -0.25) is 9.89 Å². The molecule has 6 heteroatoms. The van der Waals surface area contributed by atoms with Gasteiger partial charge in [0.2, 0.25) is 0 Å². The molecule has 6 nitrogen and oxygen atoms in total. The molecule has 2 rings (SSSR count). The summed E-state index contributed by atoms with van der Waals surface area (Å²) in [5.74, 6) is -0.0268. The highest BCUT2D eigenvalue weighted by Crippen LogP contribution is 2.14. The van der Waals surface area contributed by atoms with Gasteiger partial charge in [0.05, 0.1) is 6.21 Å². The van der Waals surface area contributed by atoms with Crippen molar-refractivity contribution in [2.45, 2.75) is 33.6 Å². The molecule has 24 heavy (non-hydrogen) atoms. The Labute approximate surface area is 143 Å². The van der Waals surface area contributed by atoms with Gasteiger partial charge in [0.25, 0.3) is 5.91 Å². The number of carbonyl (C=O) groups is 1. The van der Waals surface area contributed by atoms with Crippen molar-refractivity contribution in [3.05, 3.63) is 47.3 Å². The van der Waals surface area contributed by atoms with Gasteiger partial charge >= 0.3 is 0 Å². The van der Waals surface area contributed by atoms with Crippen molar-refractivity contribution in [2.75, 3.05) is 18.0 Å². The molecule has 0 atom stereocenters. The third-order valence-electron chi connectivity index (χ3n) is 3.85. The molecule has 128 valence electrons. The molecule has 0 saturated heterocycles. The van der Waals surface area contributed by atoms with Crippen molar-refractivity contribution < 1.29 is 4.79 Å². The molecule has 1 aromatic carbocycles. The minimum atomic E-state index is -0.325. The fourth-order valence-corrected chi connectivity index (χ4v) is 2.33. The number of rotatable bonds is 7. The monoisotopic (exact) mass is 327 g/mol. The predicted octanol–water partition coefficient (Wildman–Crippen LogP) is 3.14. The lowest BCUT2D eigenvalue weighted by atomic mass is 10.1. The largest absolute Gasteiger partial charge is 0.372 e. The first-order valence-electron chi connectivity index (χ1n) is 8.28. The lowest BCUT2D eigenvalue weighted by molar-refractivity contribution is 0.0950. The average molecular weight is 327 g/mol. The molecule has 0 bridgehead atoms. The Morgan fingerprint density at radius 1 is 1.29 bits per heavy atom. The van der Waals surface area contributed by atoms with Gasteiger partial charge in [0, 0.05) is 24.5 Å². The lowest BCUT2D eigenvalue weighted by Gasteiger charge is -2.20. The number of aromatic amines is 1. The number of benzene rings is 1. The van der Waals surface area contributed by atoms with E-state index in [9.17, 15) is 4.79 Å². The van der Waals surface area contributed by atoms with E-state index >= 15 is 0 Å². The summed E-state index contributed by atoms with van der Waals surface area (Å²) in [5.41, 5.74) is 5.87. The van der Waals surface area contributed by atoms with Crippen LogP contribution in [0, 0.1) is 0 Å². The van der Waals surface area contributed by atoms with Gasteiger partial charge in [-0.2, -0.15) is 10.2 Å². The highest BCUT2D eigenvalue weighted by atomic mass is 16.2. The van der Waals surface area contributed by atoms with Gasteiger partial charge in [-0.05, 0) is 43.5 Å². The minimum Gasteiger partial charge on any atom is -0.372 e. The Balaban J connectivity index is 1.94. The van der Waals surface area contributed by atoms with E-state index in [1.165, 1.54) is 5.69 Å². The van der Waals surface area contributed by atoms with E-state index in [1.807, 2.05) is 26.0 Å². The highest BCUT2D eigenvalue weighted by molar-refractivity contribution is 5.93. The van der Waals surface area contributed by atoms with Gasteiger partial charge in [-0.1, -0.05) is 26.0 Å². The van der Waals surface area contributed by atoms with E-state index in [1.54, 1.807) is 12.3 Å². The van der Waals surface area contributed by atoms with Crippen LogP contribution in [0.15, 0.2) is 35.4 Å². The summed E-state index contributed by atoms with van der Waals surface area (Å²) in [6, 6.07) is 9.81. The molecule has 2 aromatic rings. The molecule has 0 fully saturated rings. The molecule has 0 aliphatic rings. The van der Waals surface area contributed by atoms with Crippen LogP contribution >= 0.6 is 0 Å². The van der Waals surface area contributed by atoms with Crippen molar-refractivity contribution in [2.24, 2.45) is 5.10 Å². The third kappa shape index (κ3) is 4.44. The predicted molar refractivity (Wildman–Crippen MR) is 97.7 cm³/mol. The second-order valence-electron chi connectivity index (χ2n) is 5.83. The summed E-state index contributed by atoms with van der Waals surface area (Å²) in [6.07, 6.45) is 1.62. The zero-order valence-electron chi connectivity index (χ0n) is 14.7. The van der Waals surface area contributed by atoms with Crippen LogP contribution in [0.3, 0.4) is 0 Å². The normalized spacial score (nSPS) is 11.2. The Kier molecular flexibility index (Phi) is 6.12. The molecule has 0 aliphatic heterocycles. The van der Waals surface area contributed by atoms with Crippen molar-refractivity contribution in [3.8, 4) is 0 Å². The summed E-state index contributed by atoms with van der Waals surface area (Å²) in [4.78, 5) is 14.2. The zero-order chi connectivity index (χ0) is 17.5. The highest BCUT2D eigenvalue weighted by Gasteiger charge is 2.11. The van der Waals surface area contributed by atoms with Crippen LogP contribution in [-0.4, -0.2) is 35.4 Å². The van der Waals surface area contributed by atoms with Crippen molar-refractivity contribution >= 4 is 17.8 Å². The number of aromatic nitrogens is 2. The van der Waals surface area contributed by atoms with Gasteiger partial charge in [-0.25, -0.2) is 5.43 Å². The maximum absolute atomic E-state index is 12.0. The number of carbonyl (C=O) groups excluding carboxylic acids is 1. The van der Waals surface area contributed by atoms with E-state index in [4.69, 9.17) is 0 Å². The molecular formula is C18H25N5O. The molecule has 0 unspecified atom stereocenters. The number of hydrogen-bond acceptors (Lipinski definition) is 4. The lowest BCUT2D eigenvalue weighted by Crippen LogP contribution is -2.21. The molecule has 2 N–H and O–H groups in total. The molecule has 0 saturated carbocycles. The summed E-state index contributed by atoms with van der Waals surface area (Å²) >= 11 is 0. The van der Waals surface area contributed by atoms with Crippen LogP contribution in [0.4, 0.5) is 5.69 Å². The second kappa shape index (κ2) is 8.29. The molecule has 1 amide bonds. The molecule has 1 aromatic heterocycles. The number of hydrazone groups is 1. The van der Waals surface area contributed by atoms with Crippen LogP contribution in [0.1, 0.15) is 55.4 Å². The van der Waals surface area contributed by atoms with Crippen LogP contribution < -0.4 is 10.3 Å². The van der Waals surface area contributed by atoms with Crippen LogP contribution in [0.2, 0.25) is 0 Å². The number of nitrogens with one attached hydrogen (secondary N) is 2. The Morgan fingerprint density at radius 3 is 2.50 bits per heavy atom. The fourth-order valence-electron chi connectivity index (χ4n) is 2.33. The SMILES string of the molecule is CCN(CC)c1ccc(C=NNC(=O)c2cc(C(C)C)[nH]n2)cc1. The summed E-state index contributed by atoms with van der Waals surface area (Å²) in [7, 11) is 0. The van der Waals surface area contributed by atoms with Crippen LogP contribution in [0.25, 0.3) is 0 Å². The smallest absolute Gasteiger partial charge is 0.291 e. The summed E-state index contributed by atoms with van der Waals surface area (Å²) in [5, 5.41) is 10.8. The molecular weight excluding hydrogens is 302 g/mol. The van der Waals surface area contributed by atoms with Crippen molar-refractivity contribution in [3.63, 3.8) is 0 Å². The number of H-pyrrole nitrogens is 1. The van der Waals surface area contributed by atoms with Crippen molar-refractivity contribution in [1.29, 1.82) is 0 Å².